The first kappa shape index (κ1) is 16.0. The van der Waals surface area contributed by atoms with E-state index < -0.39 is 12.1 Å². The lowest BCUT2D eigenvalue weighted by Gasteiger charge is -2.07. The number of unbranched alkanes of at least 4 members (excludes halogenated alkanes) is 1. The van der Waals surface area contributed by atoms with Crippen molar-refractivity contribution in [1.29, 1.82) is 0 Å². The topological polar surface area (TPSA) is 74.2 Å². The number of rotatable bonds is 7. The van der Waals surface area contributed by atoms with Gasteiger partial charge in [-0.1, -0.05) is 18.5 Å². The number of esters is 1. The van der Waals surface area contributed by atoms with Gasteiger partial charge < -0.3 is 14.3 Å². The number of hydrogen-bond donors (Lipinski definition) is 0. The molecule has 0 amide bonds. The standard InChI is InChI=1S/C16H19NO5/c1-3-4-9-21-16(19)14-10-13(17-22-14)15(18)11-5-7-12(20-2)8-6-11/h5-8,14H,3-4,9-10H2,1-2H3. The Morgan fingerprint density at radius 3 is 2.68 bits per heavy atom. The van der Waals surface area contributed by atoms with Crippen LogP contribution >= 0.6 is 0 Å². The first-order valence-electron chi connectivity index (χ1n) is 7.23. The summed E-state index contributed by atoms with van der Waals surface area (Å²) in [6, 6.07) is 6.69. The number of carbonyl (C=O) groups excluding carboxylic acids is 2. The number of oxime groups is 1. The lowest BCUT2D eigenvalue weighted by molar-refractivity contribution is -0.155. The molecule has 2 rings (SSSR count). The fourth-order valence-electron chi connectivity index (χ4n) is 1.96. The van der Waals surface area contributed by atoms with Crippen molar-refractivity contribution < 1.29 is 23.9 Å². The van der Waals surface area contributed by atoms with Gasteiger partial charge in [0, 0.05) is 12.0 Å². The molecule has 0 saturated heterocycles. The van der Waals surface area contributed by atoms with E-state index in [9.17, 15) is 9.59 Å². The molecule has 0 saturated carbocycles. The lowest BCUT2D eigenvalue weighted by atomic mass is 10.0. The molecule has 1 aliphatic heterocycles. The summed E-state index contributed by atoms with van der Waals surface area (Å²) in [5.74, 6) is -0.0696. The van der Waals surface area contributed by atoms with Crippen molar-refractivity contribution in [2.24, 2.45) is 5.16 Å². The minimum Gasteiger partial charge on any atom is -0.497 e. The van der Waals surface area contributed by atoms with Crippen LogP contribution in [0.1, 0.15) is 36.5 Å². The van der Waals surface area contributed by atoms with Gasteiger partial charge in [0.15, 0.2) is 0 Å². The predicted molar refractivity (Wildman–Crippen MR) is 80.1 cm³/mol. The third-order valence-corrected chi connectivity index (χ3v) is 3.29. The Hall–Kier alpha value is -2.37. The molecule has 0 fully saturated rings. The highest BCUT2D eigenvalue weighted by Gasteiger charge is 2.33. The smallest absolute Gasteiger partial charge is 0.350 e. The maximum atomic E-state index is 12.3. The van der Waals surface area contributed by atoms with Gasteiger partial charge >= 0.3 is 5.97 Å². The zero-order valence-corrected chi connectivity index (χ0v) is 12.7. The molecule has 0 aliphatic carbocycles. The lowest BCUT2D eigenvalue weighted by Crippen LogP contribution is -2.25. The fourth-order valence-corrected chi connectivity index (χ4v) is 1.96. The van der Waals surface area contributed by atoms with E-state index in [1.807, 2.05) is 6.92 Å². The number of ketones is 1. The van der Waals surface area contributed by atoms with Crippen LogP contribution in [0.25, 0.3) is 0 Å². The maximum absolute atomic E-state index is 12.3. The van der Waals surface area contributed by atoms with E-state index in [0.717, 1.165) is 12.8 Å². The van der Waals surface area contributed by atoms with Gasteiger partial charge in [0.2, 0.25) is 11.9 Å². The zero-order chi connectivity index (χ0) is 15.9. The summed E-state index contributed by atoms with van der Waals surface area (Å²) in [7, 11) is 1.56. The van der Waals surface area contributed by atoms with Crippen LogP contribution in [-0.4, -0.2) is 37.3 Å². The summed E-state index contributed by atoms with van der Waals surface area (Å²) in [6.45, 7) is 2.37. The van der Waals surface area contributed by atoms with E-state index in [1.54, 1.807) is 31.4 Å². The molecule has 6 nitrogen and oxygen atoms in total. The number of benzene rings is 1. The van der Waals surface area contributed by atoms with Crippen molar-refractivity contribution in [2.75, 3.05) is 13.7 Å². The van der Waals surface area contributed by atoms with Crippen molar-refractivity contribution in [1.82, 2.24) is 0 Å². The molecule has 1 heterocycles. The first-order chi connectivity index (χ1) is 10.7. The van der Waals surface area contributed by atoms with Gasteiger partial charge in [-0.2, -0.15) is 0 Å². The monoisotopic (exact) mass is 305 g/mol. The molecule has 6 heteroatoms. The molecule has 0 spiro atoms. The number of hydrogen-bond acceptors (Lipinski definition) is 6. The first-order valence-corrected chi connectivity index (χ1v) is 7.23. The van der Waals surface area contributed by atoms with Gasteiger partial charge in [0.05, 0.1) is 13.7 Å². The van der Waals surface area contributed by atoms with Crippen LogP contribution in [0.3, 0.4) is 0 Å². The summed E-state index contributed by atoms with van der Waals surface area (Å²) in [5, 5.41) is 3.72. The Kier molecular flexibility index (Phi) is 5.52. The molecule has 0 bridgehead atoms. The average Bonchev–Trinajstić information content (AvgIpc) is 3.04. The van der Waals surface area contributed by atoms with Crippen molar-refractivity contribution >= 4 is 17.5 Å². The molecule has 1 aliphatic rings. The summed E-state index contributed by atoms with van der Waals surface area (Å²) in [6.07, 6.45) is 1.05. The Bertz CT molecular complexity index is 564. The quantitative estimate of drug-likeness (QED) is 0.439. The molecule has 0 N–H and O–H groups in total. The zero-order valence-electron chi connectivity index (χ0n) is 12.7. The largest absolute Gasteiger partial charge is 0.497 e. The molecule has 0 aromatic heterocycles. The Morgan fingerprint density at radius 2 is 2.05 bits per heavy atom. The van der Waals surface area contributed by atoms with Gasteiger partial charge in [-0.25, -0.2) is 4.79 Å². The van der Waals surface area contributed by atoms with Gasteiger partial charge in [-0.15, -0.1) is 0 Å². The van der Waals surface area contributed by atoms with E-state index in [2.05, 4.69) is 5.16 Å². The maximum Gasteiger partial charge on any atom is 0.350 e. The molecule has 22 heavy (non-hydrogen) atoms. The molecule has 118 valence electrons. The van der Waals surface area contributed by atoms with Gasteiger partial charge in [-0.05, 0) is 30.7 Å². The number of methoxy groups -OCH3 is 1. The predicted octanol–water partition coefficient (Wildman–Crippen LogP) is 2.37. The molecule has 1 aromatic rings. The fraction of sp³-hybridized carbons (Fsp3) is 0.438. The average molecular weight is 305 g/mol. The van der Waals surface area contributed by atoms with Crippen molar-refractivity contribution in [2.45, 2.75) is 32.3 Å². The van der Waals surface area contributed by atoms with Crippen LogP contribution in [0.15, 0.2) is 29.4 Å². The summed E-state index contributed by atoms with van der Waals surface area (Å²) >= 11 is 0. The van der Waals surface area contributed by atoms with Gasteiger partial charge in [0.1, 0.15) is 11.5 Å². The van der Waals surface area contributed by atoms with E-state index in [1.165, 1.54) is 0 Å². The highest BCUT2D eigenvalue weighted by molar-refractivity contribution is 6.46. The Morgan fingerprint density at radius 1 is 1.32 bits per heavy atom. The number of ether oxygens (including phenoxy) is 2. The third kappa shape index (κ3) is 3.84. The highest BCUT2D eigenvalue weighted by Crippen LogP contribution is 2.18. The minimum atomic E-state index is -0.825. The second kappa shape index (κ2) is 7.59. The Labute approximate surface area is 129 Å². The van der Waals surface area contributed by atoms with Crippen molar-refractivity contribution in [3.63, 3.8) is 0 Å². The van der Waals surface area contributed by atoms with E-state index in [0.29, 0.717) is 17.9 Å². The van der Waals surface area contributed by atoms with Crippen LogP contribution in [-0.2, 0) is 14.4 Å². The van der Waals surface area contributed by atoms with Gasteiger partial charge in [-0.3, -0.25) is 4.79 Å². The number of carbonyl (C=O) groups is 2. The molecule has 1 unspecified atom stereocenters. The second-order valence-electron chi connectivity index (χ2n) is 4.91. The summed E-state index contributed by atoms with van der Waals surface area (Å²) in [5.41, 5.74) is 0.700. The van der Waals surface area contributed by atoms with Crippen LogP contribution < -0.4 is 4.74 Å². The highest BCUT2D eigenvalue weighted by atomic mass is 16.7. The molecular weight excluding hydrogens is 286 g/mol. The van der Waals surface area contributed by atoms with E-state index in [-0.39, 0.29) is 17.9 Å². The molecule has 0 radical (unpaired) electrons. The number of nitrogens with zero attached hydrogens (tertiary/aromatic N) is 1. The number of Topliss-reactive ketones (excluding diaryl/α,β-unsaturated/α-hetero) is 1. The summed E-state index contributed by atoms with van der Waals surface area (Å²) in [4.78, 5) is 29.0. The van der Waals surface area contributed by atoms with Crippen molar-refractivity contribution in [3.8, 4) is 5.75 Å². The Balaban J connectivity index is 1.91. The normalized spacial score (nSPS) is 16.6. The third-order valence-electron chi connectivity index (χ3n) is 3.29. The SMILES string of the molecule is CCCCOC(=O)C1CC(C(=O)c2ccc(OC)cc2)=NO1. The van der Waals surface area contributed by atoms with Crippen LogP contribution in [0.2, 0.25) is 0 Å². The van der Waals surface area contributed by atoms with Crippen LogP contribution in [0.4, 0.5) is 0 Å². The molecule has 1 aromatic carbocycles. The minimum absolute atomic E-state index is 0.135. The van der Waals surface area contributed by atoms with E-state index in [4.69, 9.17) is 14.3 Å². The summed E-state index contributed by atoms with van der Waals surface area (Å²) < 4.78 is 10.1. The van der Waals surface area contributed by atoms with E-state index >= 15 is 0 Å². The molecular formula is C16H19NO5. The van der Waals surface area contributed by atoms with Crippen LogP contribution in [0.5, 0.6) is 5.75 Å². The van der Waals surface area contributed by atoms with Gasteiger partial charge in [0.25, 0.3) is 0 Å². The molecule has 1 atom stereocenters. The second-order valence-corrected chi connectivity index (χ2v) is 4.91. The van der Waals surface area contributed by atoms with Crippen molar-refractivity contribution in [3.05, 3.63) is 29.8 Å². The van der Waals surface area contributed by atoms with Crippen LogP contribution in [0, 0.1) is 0 Å².